The quantitative estimate of drug-likeness (QED) is 0.654. The number of ether oxygens (including phenoxy) is 2. The molecule has 2 amide bonds. The molecular weight excluding hydrogens is 326 g/mol. The van der Waals surface area contributed by atoms with Gasteiger partial charge in [0.25, 0.3) is 0 Å². The Morgan fingerprint density at radius 2 is 2.08 bits per heavy atom. The normalized spacial score (nSPS) is 20.0. The van der Waals surface area contributed by atoms with Gasteiger partial charge < -0.3 is 29.9 Å². The highest BCUT2D eigenvalue weighted by molar-refractivity contribution is 5.87. The van der Waals surface area contributed by atoms with Gasteiger partial charge in [0.05, 0.1) is 25.7 Å². The highest BCUT2D eigenvalue weighted by atomic mass is 16.6. The number of nitrogens with zero attached hydrogens (tertiary/aromatic N) is 3. The summed E-state index contributed by atoms with van der Waals surface area (Å²) in [5.41, 5.74) is -0.497. The van der Waals surface area contributed by atoms with Crippen molar-refractivity contribution in [2.24, 2.45) is 4.99 Å². The molecule has 2 aliphatic rings. The van der Waals surface area contributed by atoms with Crippen LogP contribution < -0.4 is 10.6 Å². The van der Waals surface area contributed by atoms with Crippen LogP contribution in [0.4, 0.5) is 4.79 Å². The zero-order chi connectivity index (χ0) is 18.4. The van der Waals surface area contributed by atoms with Gasteiger partial charge in [-0.2, -0.15) is 0 Å². The number of carbonyl (C=O) groups is 2. The summed E-state index contributed by atoms with van der Waals surface area (Å²) in [5, 5.41) is 5.83. The summed E-state index contributed by atoms with van der Waals surface area (Å²) in [5.74, 6) is 0.617. The highest BCUT2D eigenvalue weighted by Gasteiger charge is 2.36. The molecule has 9 nitrogen and oxygen atoms in total. The van der Waals surface area contributed by atoms with Crippen molar-refractivity contribution < 1.29 is 19.1 Å². The van der Waals surface area contributed by atoms with Gasteiger partial charge in [-0.15, -0.1) is 0 Å². The van der Waals surface area contributed by atoms with E-state index in [9.17, 15) is 9.59 Å². The average Bonchev–Trinajstić information content (AvgIpc) is 2.94. The standard InChI is InChI=1S/C16H29N5O4/c1-16(2,3)25-15(23)20-6-7-21-12(11-20)9-18-14(21)19-10-13(22)17-5-8-24-4/h12H,5-11H2,1-4H3,(H,17,22)(H,18,19). The maximum atomic E-state index is 12.2. The molecule has 2 N–H and O–H groups in total. The minimum absolute atomic E-state index is 0.101. The van der Waals surface area contributed by atoms with E-state index >= 15 is 0 Å². The van der Waals surface area contributed by atoms with Gasteiger partial charge in [0.1, 0.15) is 5.60 Å². The van der Waals surface area contributed by atoms with Crippen molar-refractivity contribution in [2.45, 2.75) is 32.4 Å². The maximum absolute atomic E-state index is 12.2. The lowest BCUT2D eigenvalue weighted by Crippen LogP contribution is -2.58. The summed E-state index contributed by atoms with van der Waals surface area (Å²) in [6, 6.07) is 0.125. The molecule has 0 aromatic rings. The fourth-order valence-corrected chi connectivity index (χ4v) is 2.74. The number of rotatable bonds is 5. The minimum atomic E-state index is -0.497. The molecule has 1 fully saturated rings. The summed E-state index contributed by atoms with van der Waals surface area (Å²) < 4.78 is 10.3. The summed E-state index contributed by atoms with van der Waals surface area (Å²) in [7, 11) is 1.59. The maximum Gasteiger partial charge on any atom is 0.410 e. The van der Waals surface area contributed by atoms with Crippen LogP contribution in [0.1, 0.15) is 20.8 Å². The van der Waals surface area contributed by atoms with E-state index in [0.29, 0.717) is 39.3 Å². The second kappa shape index (κ2) is 8.37. The number of hydrogen-bond donors (Lipinski definition) is 2. The van der Waals surface area contributed by atoms with Gasteiger partial charge in [-0.05, 0) is 20.8 Å². The highest BCUT2D eigenvalue weighted by Crippen LogP contribution is 2.18. The van der Waals surface area contributed by atoms with E-state index in [2.05, 4.69) is 20.5 Å². The summed E-state index contributed by atoms with van der Waals surface area (Å²) in [4.78, 5) is 32.2. The van der Waals surface area contributed by atoms with Crippen molar-refractivity contribution >= 4 is 18.0 Å². The van der Waals surface area contributed by atoms with E-state index in [0.717, 1.165) is 5.96 Å². The third kappa shape index (κ3) is 5.77. The summed E-state index contributed by atoms with van der Waals surface area (Å²) in [6.45, 7) is 9.14. The number of carbonyl (C=O) groups excluding carboxylic acids is 2. The Hall–Kier alpha value is -2.03. The lowest BCUT2D eigenvalue weighted by molar-refractivity contribution is -0.120. The third-order valence-corrected chi connectivity index (χ3v) is 3.89. The molecule has 0 bridgehead atoms. The fourth-order valence-electron chi connectivity index (χ4n) is 2.74. The Morgan fingerprint density at radius 3 is 2.76 bits per heavy atom. The van der Waals surface area contributed by atoms with Crippen LogP contribution >= 0.6 is 0 Å². The molecule has 25 heavy (non-hydrogen) atoms. The first kappa shape index (κ1) is 19.3. The molecule has 142 valence electrons. The van der Waals surface area contributed by atoms with Crippen LogP contribution in [0.15, 0.2) is 4.99 Å². The minimum Gasteiger partial charge on any atom is -0.444 e. The van der Waals surface area contributed by atoms with Gasteiger partial charge in [-0.1, -0.05) is 0 Å². The largest absolute Gasteiger partial charge is 0.444 e. The SMILES string of the molecule is COCCNC(=O)CNC1=NCC2CN(C(=O)OC(C)(C)C)CCN12. The van der Waals surface area contributed by atoms with Crippen LogP contribution in [0.3, 0.4) is 0 Å². The van der Waals surface area contributed by atoms with Gasteiger partial charge in [0.2, 0.25) is 5.91 Å². The van der Waals surface area contributed by atoms with Crippen molar-refractivity contribution in [1.29, 1.82) is 0 Å². The number of piperazine rings is 1. The number of methoxy groups -OCH3 is 1. The first-order chi connectivity index (χ1) is 11.8. The molecule has 2 aliphatic heterocycles. The van der Waals surface area contributed by atoms with Gasteiger partial charge in [0, 0.05) is 33.3 Å². The van der Waals surface area contributed by atoms with Gasteiger partial charge in [-0.3, -0.25) is 9.79 Å². The molecule has 0 radical (unpaired) electrons. The van der Waals surface area contributed by atoms with Crippen molar-refractivity contribution in [3.8, 4) is 0 Å². The zero-order valence-corrected chi connectivity index (χ0v) is 15.5. The third-order valence-electron chi connectivity index (χ3n) is 3.89. The molecule has 0 spiro atoms. The van der Waals surface area contributed by atoms with E-state index in [1.807, 2.05) is 20.8 Å². The second-order valence-corrected chi connectivity index (χ2v) is 7.13. The second-order valence-electron chi connectivity index (χ2n) is 7.13. The Balaban J connectivity index is 1.76. The smallest absolute Gasteiger partial charge is 0.410 e. The van der Waals surface area contributed by atoms with Crippen molar-refractivity contribution in [3.05, 3.63) is 0 Å². The summed E-state index contributed by atoms with van der Waals surface area (Å²) in [6.07, 6.45) is -0.286. The fraction of sp³-hybridized carbons (Fsp3) is 0.812. The Morgan fingerprint density at radius 1 is 1.32 bits per heavy atom. The van der Waals surface area contributed by atoms with Crippen molar-refractivity contribution in [3.63, 3.8) is 0 Å². The van der Waals surface area contributed by atoms with Crippen LogP contribution in [0.2, 0.25) is 0 Å². The van der Waals surface area contributed by atoms with E-state index in [1.165, 1.54) is 0 Å². The lowest BCUT2D eigenvalue weighted by Gasteiger charge is -2.39. The van der Waals surface area contributed by atoms with Crippen molar-refractivity contribution in [2.75, 3.05) is 53.0 Å². The zero-order valence-electron chi connectivity index (χ0n) is 15.5. The summed E-state index contributed by atoms with van der Waals surface area (Å²) >= 11 is 0. The molecule has 2 heterocycles. The van der Waals surface area contributed by atoms with Gasteiger partial charge >= 0.3 is 6.09 Å². The van der Waals surface area contributed by atoms with Crippen LogP contribution in [0.5, 0.6) is 0 Å². The molecule has 1 unspecified atom stereocenters. The van der Waals surface area contributed by atoms with Crippen LogP contribution in [0, 0.1) is 0 Å². The molecule has 0 aromatic heterocycles. The molecule has 0 aliphatic carbocycles. The van der Waals surface area contributed by atoms with E-state index < -0.39 is 5.60 Å². The number of fused-ring (bicyclic) bond motifs is 1. The predicted octanol–water partition coefficient (Wildman–Crippen LogP) is -0.370. The number of amides is 2. The van der Waals surface area contributed by atoms with Crippen LogP contribution in [-0.4, -0.2) is 92.4 Å². The topological polar surface area (TPSA) is 95.5 Å². The number of guanidine groups is 1. The first-order valence-electron chi connectivity index (χ1n) is 8.58. The first-order valence-corrected chi connectivity index (χ1v) is 8.58. The van der Waals surface area contributed by atoms with Gasteiger partial charge in [0.15, 0.2) is 5.96 Å². The van der Waals surface area contributed by atoms with E-state index in [1.54, 1.807) is 12.0 Å². The number of hydrogen-bond acceptors (Lipinski definition) is 7. The molecule has 0 saturated carbocycles. The molecular formula is C16H29N5O4. The molecule has 2 rings (SSSR count). The Bertz CT molecular complexity index is 517. The van der Waals surface area contributed by atoms with Gasteiger partial charge in [-0.25, -0.2) is 4.79 Å². The predicted molar refractivity (Wildman–Crippen MR) is 93.5 cm³/mol. The number of nitrogens with one attached hydrogen (secondary N) is 2. The Labute approximate surface area is 148 Å². The van der Waals surface area contributed by atoms with Crippen molar-refractivity contribution in [1.82, 2.24) is 20.4 Å². The molecule has 0 aromatic carbocycles. The lowest BCUT2D eigenvalue weighted by atomic mass is 10.2. The molecule has 1 atom stereocenters. The average molecular weight is 355 g/mol. The van der Waals surface area contributed by atoms with E-state index in [-0.39, 0.29) is 24.6 Å². The molecule has 9 heteroatoms. The number of aliphatic imine (C=N–C) groups is 1. The van der Waals surface area contributed by atoms with Crippen LogP contribution in [0.25, 0.3) is 0 Å². The van der Waals surface area contributed by atoms with E-state index in [4.69, 9.17) is 9.47 Å². The van der Waals surface area contributed by atoms with Crippen LogP contribution in [-0.2, 0) is 14.3 Å². The molecule has 1 saturated heterocycles. The monoisotopic (exact) mass is 355 g/mol. The Kier molecular flexibility index (Phi) is 6.46.